The van der Waals surface area contributed by atoms with E-state index in [1.54, 1.807) is 0 Å². The summed E-state index contributed by atoms with van der Waals surface area (Å²) in [7, 11) is -2.27. The Labute approximate surface area is 134 Å². The van der Waals surface area contributed by atoms with Crippen LogP contribution in [0.2, 0.25) is 5.02 Å². The number of nitrogens with one attached hydrogen (secondary N) is 1. The predicted octanol–water partition coefficient (Wildman–Crippen LogP) is 2.27. The minimum absolute atomic E-state index is 0.0779. The number of carboxylic acid groups (broad SMARTS) is 1. The Bertz CT molecular complexity index is 653. The molecule has 0 spiro atoms. The molecule has 0 radical (unpaired) electrons. The lowest BCUT2D eigenvalue weighted by Gasteiger charge is -2.26. The Morgan fingerprint density at radius 2 is 1.95 bits per heavy atom. The lowest BCUT2D eigenvalue weighted by Crippen LogP contribution is -2.38. The Balaban J connectivity index is 2.07. The Hall–Kier alpha value is -1.31. The summed E-state index contributed by atoms with van der Waals surface area (Å²) in [4.78, 5) is 11.0. The second-order valence-corrected chi connectivity index (χ2v) is 7.43. The van der Waals surface area contributed by atoms with Crippen LogP contribution in [-0.2, 0) is 14.8 Å². The Kier molecular flexibility index (Phi) is 5.31. The van der Waals surface area contributed by atoms with Gasteiger partial charge in [0.25, 0.3) is 0 Å². The second kappa shape index (κ2) is 6.85. The zero-order chi connectivity index (χ0) is 16.3. The third-order valence-corrected chi connectivity index (χ3v) is 5.66. The Morgan fingerprint density at radius 1 is 1.32 bits per heavy atom. The van der Waals surface area contributed by atoms with Crippen molar-refractivity contribution in [1.29, 1.82) is 0 Å². The number of hydrogen-bond donors (Lipinski definition) is 2. The van der Waals surface area contributed by atoms with Gasteiger partial charge in [0.05, 0.1) is 22.9 Å². The summed E-state index contributed by atoms with van der Waals surface area (Å²) >= 11 is 5.89. The van der Waals surface area contributed by atoms with E-state index in [0.29, 0.717) is 36.5 Å². The van der Waals surface area contributed by atoms with Crippen molar-refractivity contribution in [3.05, 3.63) is 23.2 Å². The van der Waals surface area contributed by atoms with E-state index in [1.807, 2.05) is 0 Å². The van der Waals surface area contributed by atoms with E-state index in [-0.39, 0.29) is 16.9 Å². The first-order valence-corrected chi connectivity index (χ1v) is 8.78. The van der Waals surface area contributed by atoms with Crippen molar-refractivity contribution < 1.29 is 23.1 Å². The minimum Gasteiger partial charge on any atom is -0.495 e. The van der Waals surface area contributed by atoms with E-state index in [2.05, 4.69) is 4.72 Å². The van der Waals surface area contributed by atoms with Gasteiger partial charge < -0.3 is 9.84 Å². The maximum atomic E-state index is 12.4. The fourth-order valence-corrected chi connectivity index (χ4v) is 4.07. The van der Waals surface area contributed by atoms with Gasteiger partial charge in [-0.15, -0.1) is 0 Å². The summed E-state index contributed by atoms with van der Waals surface area (Å²) in [6, 6.07) is 4.00. The molecular formula is C14H18ClNO5S. The van der Waals surface area contributed by atoms with E-state index < -0.39 is 16.0 Å². The molecule has 8 heteroatoms. The summed E-state index contributed by atoms with van der Waals surface area (Å²) in [5, 5.41) is 9.29. The molecule has 1 aromatic carbocycles. The lowest BCUT2D eigenvalue weighted by molar-refractivity contribution is -0.142. The summed E-state index contributed by atoms with van der Waals surface area (Å²) in [6.45, 7) is 0. The quantitative estimate of drug-likeness (QED) is 0.852. The van der Waals surface area contributed by atoms with Gasteiger partial charge in [-0.05, 0) is 37.8 Å². The van der Waals surface area contributed by atoms with Crippen molar-refractivity contribution in [2.45, 2.75) is 36.6 Å². The summed E-state index contributed by atoms with van der Waals surface area (Å²) < 4.78 is 32.4. The number of carboxylic acids is 1. The first kappa shape index (κ1) is 17.1. The molecule has 2 N–H and O–H groups in total. The molecule has 0 aliphatic heterocycles. The average molecular weight is 348 g/mol. The molecule has 0 saturated heterocycles. The standard InChI is InChI=1S/C14H18ClNO5S/c1-21-13-8-11(6-7-12(13)15)22(19,20)16-10-4-2-9(3-5-10)14(17)18/h6-10,16H,2-5H2,1H3,(H,17,18). The molecule has 0 bridgehead atoms. The fraction of sp³-hybridized carbons (Fsp3) is 0.500. The van der Waals surface area contributed by atoms with E-state index >= 15 is 0 Å². The monoisotopic (exact) mass is 347 g/mol. The summed E-state index contributed by atoms with van der Waals surface area (Å²) in [5.74, 6) is -0.903. The third kappa shape index (κ3) is 3.91. The van der Waals surface area contributed by atoms with Crippen LogP contribution < -0.4 is 9.46 Å². The van der Waals surface area contributed by atoms with Gasteiger partial charge in [-0.3, -0.25) is 4.79 Å². The fourth-order valence-electron chi connectivity index (χ4n) is 2.55. The van der Waals surface area contributed by atoms with Gasteiger partial charge in [-0.2, -0.15) is 0 Å². The maximum absolute atomic E-state index is 12.4. The molecular weight excluding hydrogens is 330 g/mol. The van der Waals surface area contributed by atoms with E-state index in [9.17, 15) is 13.2 Å². The molecule has 6 nitrogen and oxygen atoms in total. The van der Waals surface area contributed by atoms with E-state index in [0.717, 1.165) is 0 Å². The Morgan fingerprint density at radius 3 is 2.50 bits per heavy atom. The third-order valence-electron chi connectivity index (χ3n) is 3.83. The zero-order valence-electron chi connectivity index (χ0n) is 12.1. The minimum atomic E-state index is -3.68. The van der Waals surface area contributed by atoms with Crippen molar-refractivity contribution in [2.24, 2.45) is 5.92 Å². The lowest BCUT2D eigenvalue weighted by atomic mass is 9.87. The first-order valence-electron chi connectivity index (χ1n) is 6.92. The SMILES string of the molecule is COc1cc(S(=O)(=O)NC2CCC(C(=O)O)CC2)ccc1Cl. The number of halogens is 1. The van der Waals surface area contributed by atoms with Crippen LogP contribution in [0.25, 0.3) is 0 Å². The van der Waals surface area contributed by atoms with E-state index in [4.69, 9.17) is 21.4 Å². The molecule has 1 aliphatic rings. The number of ether oxygens (including phenoxy) is 1. The number of carbonyl (C=O) groups is 1. The van der Waals surface area contributed by atoms with Gasteiger partial charge in [0.1, 0.15) is 5.75 Å². The highest BCUT2D eigenvalue weighted by Crippen LogP contribution is 2.29. The summed E-state index contributed by atoms with van der Waals surface area (Å²) in [5.41, 5.74) is 0. The number of sulfonamides is 1. The topological polar surface area (TPSA) is 92.7 Å². The molecule has 1 aromatic rings. The van der Waals surface area contributed by atoms with Crippen LogP contribution in [0.1, 0.15) is 25.7 Å². The highest BCUT2D eigenvalue weighted by molar-refractivity contribution is 7.89. The average Bonchev–Trinajstić information content (AvgIpc) is 2.47. The molecule has 22 heavy (non-hydrogen) atoms. The number of hydrogen-bond acceptors (Lipinski definition) is 4. The van der Waals surface area contributed by atoms with Gasteiger partial charge >= 0.3 is 5.97 Å². The number of aliphatic carboxylic acids is 1. The van der Waals surface area contributed by atoms with Crippen LogP contribution in [0.5, 0.6) is 5.75 Å². The smallest absolute Gasteiger partial charge is 0.306 e. The van der Waals surface area contributed by atoms with E-state index in [1.165, 1.54) is 25.3 Å². The van der Waals surface area contributed by atoms with Gasteiger partial charge in [0, 0.05) is 12.1 Å². The molecule has 0 atom stereocenters. The van der Waals surface area contributed by atoms with Crippen LogP contribution >= 0.6 is 11.6 Å². The molecule has 122 valence electrons. The van der Waals surface area contributed by atoms with Crippen molar-refractivity contribution in [3.8, 4) is 5.75 Å². The molecule has 1 fully saturated rings. The number of rotatable bonds is 5. The normalized spacial score (nSPS) is 22.3. The summed E-state index contributed by atoms with van der Waals surface area (Å²) in [6.07, 6.45) is 1.99. The van der Waals surface area contributed by atoms with Crippen LogP contribution in [0, 0.1) is 5.92 Å². The highest BCUT2D eigenvalue weighted by Gasteiger charge is 2.29. The van der Waals surface area contributed by atoms with Crippen LogP contribution in [-0.4, -0.2) is 32.6 Å². The van der Waals surface area contributed by atoms with Crippen molar-refractivity contribution in [3.63, 3.8) is 0 Å². The first-order chi connectivity index (χ1) is 10.3. The molecule has 0 amide bonds. The van der Waals surface area contributed by atoms with Crippen molar-refractivity contribution in [2.75, 3.05) is 7.11 Å². The zero-order valence-corrected chi connectivity index (χ0v) is 13.7. The van der Waals surface area contributed by atoms with Crippen molar-refractivity contribution >= 4 is 27.6 Å². The van der Waals surface area contributed by atoms with Gasteiger partial charge in [0.2, 0.25) is 10.0 Å². The van der Waals surface area contributed by atoms with Crippen molar-refractivity contribution in [1.82, 2.24) is 4.72 Å². The largest absolute Gasteiger partial charge is 0.495 e. The number of benzene rings is 1. The maximum Gasteiger partial charge on any atom is 0.306 e. The molecule has 0 aromatic heterocycles. The molecule has 2 rings (SSSR count). The predicted molar refractivity (Wildman–Crippen MR) is 81.7 cm³/mol. The van der Waals surface area contributed by atoms with Crippen LogP contribution in [0.15, 0.2) is 23.1 Å². The highest BCUT2D eigenvalue weighted by atomic mass is 35.5. The number of methoxy groups -OCH3 is 1. The van der Waals surface area contributed by atoms with Crippen LogP contribution in [0.3, 0.4) is 0 Å². The van der Waals surface area contributed by atoms with Crippen LogP contribution in [0.4, 0.5) is 0 Å². The van der Waals surface area contributed by atoms with Gasteiger partial charge in [-0.25, -0.2) is 13.1 Å². The van der Waals surface area contributed by atoms with Gasteiger partial charge in [0.15, 0.2) is 0 Å². The molecule has 0 unspecified atom stereocenters. The second-order valence-electron chi connectivity index (χ2n) is 5.30. The molecule has 0 heterocycles. The molecule has 1 saturated carbocycles. The molecule has 1 aliphatic carbocycles. The van der Waals surface area contributed by atoms with Gasteiger partial charge in [-0.1, -0.05) is 11.6 Å².